The number of likely N-dealkylation sites (tertiary alicyclic amines) is 1. The van der Waals surface area contributed by atoms with E-state index in [4.69, 9.17) is 15.6 Å². The Hall–Kier alpha value is -2.00. The molecule has 1 aromatic rings. The number of carboxylic acids is 1. The van der Waals surface area contributed by atoms with E-state index in [0.29, 0.717) is 11.6 Å². The van der Waals surface area contributed by atoms with Crippen molar-refractivity contribution in [3.8, 4) is 0 Å². The van der Waals surface area contributed by atoms with Gasteiger partial charge in [-0.05, 0) is 94.8 Å². The molecule has 0 atom stereocenters. The van der Waals surface area contributed by atoms with E-state index in [9.17, 15) is 22.4 Å². The molecule has 3 N–H and O–H groups in total. The number of nitrogens with zero attached hydrogens (tertiary/aromatic N) is 1. The first-order chi connectivity index (χ1) is 14.6. The second-order valence-electron chi connectivity index (χ2n) is 8.36. The van der Waals surface area contributed by atoms with Crippen LogP contribution in [0.5, 0.6) is 0 Å². The van der Waals surface area contributed by atoms with Gasteiger partial charge in [0.25, 0.3) is 0 Å². The number of halogens is 4. The predicted octanol–water partition coefficient (Wildman–Crippen LogP) is 4.26. The fourth-order valence-electron chi connectivity index (χ4n) is 4.11. The highest BCUT2D eigenvalue weighted by atomic mass is 19.4. The van der Waals surface area contributed by atoms with Crippen molar-refractivity contribution in [2.45, 2.75) is 57.2 Å². The minimum atomic E-state index is -5.08. The van der Waals surface area contributed by atoms with Crippen molar-refractivity contribution in [1.29, 1.82) is 0 Å². The number of benzene rings is 1. The van der Waals surface area contributed by atoms with E-state index in [-0.39, 0.29) is 17.5 Å². The van der Waals surface area contributed by atoms with Crippen LogP contribution in [-0.2, 0) is 4.79 Å². The van der Waals surface area contributed by atoms with Gasteiger partial charge in [0.05, 0.1) is 0 Å². The molecule has 1 aliphatic heterocycles. The highest BCUT2D eigenvalue weighted by Crippen LogP contribution is 2.27. The van der Waals surface area contributed by atoms with Crippen LogP contribution >= 0.6 is 0 Å². The number of hydrogen-bond donors (Lipinski definition) is 2. The number of aliphatic carboxylic acids is 1. The van der Waals surface area contributed by atoms with Gasteiger partial charge in [0.1, 0.15) is 5.82 Å². The summed E-state index contributed by atoms with van der Waals surface area (Å²) < 4.78 is 44.7. The van der Waals surface area contributed by atoms with Crippen LogP contribution in [0.4, 0.5) is 17.6 Å². The average molecular weight is 446 g/mol. The van der Waals surface area contributed by atoms with Gasteiger partial charge in [0.2, 0.25) is 0 Å². The largest absolute Gasteiger partial charge is 0.490 e. The van der Waals surface area contributed by atoms with Crippen molar-refractivity contribution in [2.24, 2.45) is 17.6 Å². The van der Waals surface area contributed by atoms with E-state index < -0.39 is 12.1 Å². The fourth-order valence-corrected chi connectivity index (χ4v) is 4.11. The van der Waals surface area contributed by atoms with Crippen molar-refractivity contribution in [3.05, 3.63) is 35.6 Å². The van der Waals surface area contributed by atoms with Gasteiger partial charge in [-0.25, -0.2) is 9.18 Å². The van der Waals surface area contributed by atoms with Crippen LogP contribution in [-0.4, -0.2) is 53.6 Å². The minimum absolute atomic E-state index is 0.0967. The molecule has 1 saturated carbocycles. The summed E-state index contributed by atoms with van der Waals surface area (Å²) in [7, 11) is 0. The summed E-state index contributed by atoms with van der Waals surface area (Å²) in [5.74, 6) is -1.93. The second kappa shape index (κ2) is 11.6. The van der Waals surface area contributed by atoms with Gasteiger partial charge < -0.3 is 15.7 Å². The lowest BCUT2D eigenvalue weighted by atomic mass is 9.84. The van der Waals surface area contributed by atoms with Gasteiger partial charge in [-0.3, -0.25) is 4.79 Å². The van der Waals surface area contributed by atoms with E-state index in [1.165, 1.54) is 44.2 Å². The van der Waals surface area contributed by atoms with E-state index in [2.05, 4.69) is 4.90 Å². The first-order valence-corrected chi connectivity index (χ1v) is 10.6. The Morgan fingerprint density at radius 2 is 1.52 bits per heavy atom. The summed E-state index contributed by atoms with van der Waals surface area (Å²) >= 11 is 0. The lowest BCUT2D eigenvalue weighted by Gasteiger charge is -2.33. The molecule has 174 valence electrons. The normalized spacial score (nSPS) is 23.0. The molecule has 0 radical (unpaired) electrons. The Kier molecular flexibility index (Phi) is 9.43. The number of piperidine rings is 1. The van der Waals surface area contributed by atoms with Gasteiger partial charge in [-0.15, -0.1) is 0 Å². The molecule has 5 nitrogen and oxygen atoms in total. The van der Waals surface area contributed by atoms with Gasteiger partial charge in [-0.2, -0.15) is 13.2 Å². The Bertz CT molecular complexity index is 708. The number of carbonyl (C=O) groups is 2. The van der Waals surface area contributed by atoms with E-state index in [1.54, 1.807) is 12.1 Å². The third-order valence-corrected chi connectivity index (χ3v) is 6.07. The molecule has 0 spiro atoms. The molecule has 1 heterocycles. The third kappa shape index (κ3) is 8.57. The van der Waals surface area contributed by atoms with E-state index >= 15 is 0 Å². The molecule has 1 saturated heterocycles. The first-order valence-electron chi connectivity index (χ1n) is 10.6. The number of hydrogen-bond acceptors (Lipinski definition) is 4. The standard InChI is InChI=1S/C20H29FN2O.C2HF3O2/c21-18-5-3-16(4-6-18)20(24)17-10-13-23(14-11-17)12-9-15-1-7-19(22)8-2-15;3-2(4,5)1(6)7/h3-6,15,17,19H,1-2,7-14,22H2;(H,6,7)/t15-,19-;. The monoisotopic (exact) mass is 446 g/mol. The van der Waals surface area contributed by atoms with Crippen molar-refractivity contribution >= 4 is 11.8 Å². The molecule has 31 heavy (non-hydrogen) atoms. The van der Waals surface area contributed by atoms with Crippen molar-refractivity contribution in [1.82, 2.24) is 4.90 Å². The molecular weight excluding hydrogens is 416 g/mol. The number of nitrogens with two attached hydrogens (primary N) is 1. The van der Waals surface area contributed by atoms with Crippen LogP contribution in [0.2, 0.25) is 0 Å². The molecule has 0 amide bonds. The smallest absolute Gasteiger partial charge is 0.475 e. The van der Waals surface area contributed by atoms with Crippen LogP contribution in [0.15, 0.2) is 24.3 Å². The molecule has 0 bridgehead atoms. The number of carboxylic acid groups (broad SMARTS) is 1. The molecule has 0 aromatic heterocycles. The highest BCUT2D eigenvalue weighted by molar-refractivity contribution is 5.97. The summed E-state index contributed by atoms with van der Waals surface area (Å²) in [4.78, 5) is 23.9. The number of Topliss-reactive ketones (excluding diaryl/α,β-unsaturated/α-hetero) is 1. The Balaban J connectivity index is 0.000000423. The fraction of sp³-hybridized carbons (Fsp3) is 0.636. The van der Waals surface area contributed by atoms with Gasteiger partial charge in [0, 0.05) is 17.5 Å². The lowest BCUT2D eigenvalue weighted by molar-refractivity contribution is -0.192. The van der Waals surface area contributed by atoms with Crippen LogP contribution in [0, 0.1) is 17.7 Å². The second-order valence-corrected chi connectivity index (χ2v) is 8.36. The van der Waals surface area contributed by atoms with Gasteiger partial charge >= 0.3 is 12.1 Å². The molecule has 2 aliphatic rings. The highest BCUT2D eigenvalue weighted by Gasteiger charge is 2.38. The van der Waals surface area contributed by atoms with Crippen LogP contribution in [0.25, 0.3) is 0 Å². The molecular formula is C22H30F4N2O3. The molecule has 1 aliphatic carbocycles. The zero-order valence-corrected chi connectivity index (χ0v) is 17.4. The van der Waals surface area contributed by atoms with Crippen molar-refractivity contribution in [3.63, 3.8) is 0 Å². The molecule has 3 rings (SSSR count). The molecule has 1 aromatic carbocycles. The summed E-state index contributed by atoms with van der Waals surface area (Å²) in [6.45, 7) is 3.16. The van der Waals surface area contributed by atoms with Crippen LogP contribution < -0.4 is 5.73 Å². The number of rotatable bonds is 5. The lowest BCUT2D eigenvalue weighted by Crippen LogP contribution is -2.38. The Morgan fingerprint density at radius 3 is 2.00 bits per heavy atom. The maximum absolute atomic E-state index is 13.0. The quantitative estimate of drug-likeness (QED) is 0.522. The predicted molar refractivity (Wildman–Crippen MR) is 108 cm³/mol. The van der Waals surface area contributed by atoms with Crippen LogP contribution in [0.1, 0.15) is 55.3 Å². The van der Waals surface area contributed by atoms with Gasteiger partial charge in [-0.1, -0.05) is 0 Å². The van der Waals surface area contributed by atoms with Gasteiger partial charge in [0.15, 0.2) is 5.78 Å². The van der Waals surface area contributed by atoms with Crippen molar-refractivity contribution < 1.29 is 32.3 Å². The third-order valence-electron chi connectivity index (χ3n) is 6.07. The molecule has 2 fully saturated rings. The zero-order valence-electron chi connectivity index (χ0n) is 17.4. The minimum Gasteiger partial charge on any atom is -0.475 e. The Labute approximate surface area is 179 Å². The van der Waals surface area contributed by atoms with E-state index in [0.717, 1.165) is 38.4 Å². The SMILES string of the molecule is N[C@H]1CC[C@H](CCN2CCC(C(=O)c3ccc(F)cc3)CC2)CC1.O=C(O)C(F)(F)F. The van der Waals surface area contributed by atoms with Crippen LogP contribution in [0.3, 0.4) is 0 Å². The van der Waals surface area contributed by atoms with E-state index in [1.807, 2.05) is 0 Å². The summed E-state index contributed by atoms with van der Waals surface area (Å²) in [6, 6.07) is 6.39. The summed E-state index contributed by atoms with van der Waals surface area (Å²) in [5, 5.41) is 7.12. The first kappa shape index (κ1) is 25.3. The number of ketones is 1. The summed E-state index contributed by atoms with van der Waals surface area (Å²) in [6.07, 6.45) is 2.94. The topological polar surface area (TPSA) is 83.6 Å². The maximum atomic E-state index is 13.0. The number of carbonyl (C=O) groups excluding carboxylic acids is 1. The number of alkyl halides is 3. The zero-order chi connectivity index (χ0) is 23.0. The average Bonchev–Trinajstić information content (AvgIpc) is 2.73. The van der Waals surface area contributed by atoms with Crippen molar-refractivity contribution in [2.75, 3.05) is 19.6 Å². The summed E-state index contributed by atoms with van der Waals surface area (Å²) in [5.41, 5.74) is 6.62. The maximum Gasteiger partial charge on any atom is 0.490 e. The molecule has 0 unspecified atom stereocenters. The molecule has 9 heteroatoms. The Morgan fingerprint density at radius 1 is 1.00 bits per heavy atom.